The van der Waals surface area contributed by atoms with Gasteiger partial charge in [-0.3, -0.25) is 0 Å². The molecule has 0 fully saturated rings. The third kappa shape index (κ3) is 3.83. The Morgan fingerprint density at radius 1 is 1.19 bits per heavy atom. The molecule has 0 bridgehead atoms. The summed E-state index contributed by atoms with van der Waals surface area (Å²) < 4.78 is 10.7. The lowest BCUT2D eigenvalue weighted by Gasteiger charge is -2.15. The molecule has 0 saturated carbocycles. The van der Waals surface area contributed by atoms with Crippen molar-refractivity contribution in [2.45, 2.75) is 25.9 Å². The summed E-state index contributed by atoms with van der Waals surface area (Å²) in [4.78, 5) is 0. The normalized spacial score (nSPS) is 12.8. The fraction of sp³-hybridized carbons (Fsp3) is 0.538. The van der Waals surface area contributed by atoms with Crippen molar-refractivity contribution < 1.29 is 9.47 Å². The predicted molar refractivity (Wildman–Crippen MR) is 65.9 cm³/mol. The van der Waals surface area contributed by atoms with E-state index in [1.54, 1.807) is 7.11 Å². The maximum atomic E-state index is 5.70. The van der Waals surface area contributed by atoms with E-state index in [4.69, 9.17) is 15.2 Å². The summed E-state index contributed by atoms with van der Waals surface area (Å²) in [5.74, 6) is 1.16. The lowest BCUT2D eigenvalue weighted by molar-refractivity contribution is 0.181. The van der Waals surface area contributed by atoms with Gasteiger partial charge in [-0.1, -0.05) is 12.1 Å². The van der Waals surface area contributed by atoms with Crippen molar-refractivity contribution in [2.24, 2.45) is 5.73 Å². The third-order valence-electron chi connectivity index (χ3n) is 2.38. The second-order valence-corrected chi connectivity index (χ2v) is 4.12. The van der Waals surface area contributed by atoms with Gasteiger partial charge >= 0.3 is 0 Å². The molecule has 0 saturated heterocycles. The SMILES string of the molecule is COCC(CN)c1ccc(OC(C)C)cc1. The van der Waals surface area contributed by atoms with Crippen LogP contribution in [0.3, 0.4) is 0 Å². The number of hydrogen-bond acceptors (Lipinski definition) is 3. The minimum Gasteiger partial charge on any atom is -0.491 e. The van der Waals surface area contributed by atoms with Crippen LogP contribution in [0.25, 0.3) is 0 Å². The molecule has 90 valence electrons. The van der Waals surface area contributed by atoms with E-state index in [0.29, 0.717) is 13.2 Å². The van der Waals surface area contributed by atoms with Gasteiger partial charge in [0.25, 0.3) is 0 Å². The van der Waals surface area contributed by atoms with Crippen molar-refractivity contribution in [1.29, 1.82) is 0 Å². The zero-order chi connectivity index (χ0) is 12.0. The number of nitrogens with two attached hydrogens (primary N) is 1. The van der Waals surface area contributed by atoms with E-state index < -0.39 is 0 Å². The zero-order valence-electron chi connectivity index (χ0n) is 10.3. The Hall–Kier alpha value is -1.06. The van der Waals surface area contributed by atoms with Crippen LogP contribution in [0.2, 0.25) is 0 Å². The summed E-state index contributed by atoms with van der Waals surface area (Å²) in [6.07, 6.45) is 0.204. The van der Waals surface area contributed by atoms with Gasteiger partial charge in [-0.05, 0) is 31.5 Å². The molecule has 0 radical (unpaired) electrons. The molecule has 16 heavy (non-hydrogen) atoms. The predicted octanol–water partition coefficient (Wildman–Crippen LogP) is 2.16. The van der Waals surface area contributed by atoms with Gasteiger partial charge in [-0.25, -0.2) is 0 Å². The lowest BCUT2D eigenvalue weighted by Crippen LogP contribution is -2.17. The van der Waals surface area contributed by atoms with Crippen LogP contribution < -0.4 is 10.5 Å². The minimum absolute atomic E-state index is 0.204. The van der Waals surface area contributed by atoms with E-state index in [2.05, 4.69) is 0 Å². The topological polar surface area (TPSA) is 44.5 Å². The van der Waals surface area contributed by atoms with E-state index in [1.807, 2.05) is 38.1 Å². The fourth-order valence-electron chi connectivity index (χ4n) is 1.59. The summed E-state index contributed by atoms with van der Waals surface area (Å²) in [6, 6.07) is 8.06. The van der Waals surface area contributed by atoms with Gasteiger partial charge in [-0.2, -0.15) is 0 Å². The first kappa shape index (κ1) is 13.0. The number of methoxy groups -OCH3 is 1. The van der Waals surface area contributed by atoms with Gasteiger partial charge in [0, 0.05) is 19.6 Å². The molecule has 3 nitrogen and oxygen atoms in total. The van der Waals surface area contributed by atoms with E-state index >= 15 is 0 Å². The minimum atomic E-state index is 0.204. The van der Waals surface area contributed by atoms with Gasteiger partial charge in [0.15, 0.2) is 0 Å². The summed E-state index contributed by atoms with van der Waals surface area (Å²) in [7, 11) is 1.69. The van der Waals surface area contributed by atoms with Gasteiger partial charge in [0.05, 0.1) is 12.7 Å². The molecule has 1 unspecified atom stereocenters. The van der Waals surface area contributed by atoms with Crippen molar-refractivity contribution in [3.63, 3.8) is 0 Å². The molecule has 2 N–H and O–H groups in total. The molecule has 1 aromatic rings. The van der Waals surface area contributed by atoms with Crippen LogP contribution in [0.5, 0.6) is 5.75 Å². The average molecular weight is 223 g/mol. The number of rotatable bonds is 6. The van der Waals surface area contributed by atoms with Gasteiger partial charge in [0.2, 0.25) is 0 Å². The van der Waals surface area contributed by atoms with E-state index in [9.17, 15) is 0 Å². The van der Waals surface area contributed by atoms with Gasteiger partial charge in [-0.15, -0.1) is 0 Å². The highest BCUT2D eigenvalue weighted by molar-refractivity contribution is 5.29. The van der Waals surface area contributed by atoms with Crippen molar-refractivity contribution >= 4 is 0 Å². The summed E-state index contributed by atoms with van der Waals surface area (Å²) in [6.45, 7) is 5.28. The first-order chi connectivity index (χ1) is 7.67. The Morgan fingerprint density at radius 2 is 1.81 bits per heavy atom. The molecule has 0 amide bonds. The summed E-state index contributed by atoms with van der Waals surface area (Å²) in [5, 5.41) is 0. The smallest absolute Gasteiger partial charge is 0.119 e. The average Bonchev–Trinajstić information content (AvgIpc) is 2.26. The summed E-state index contributed by atoms with van der Waals surface area (Å²) in [5.41, 5.74) is 6.89. The largest absolute Gasteiger partial charge is 0.491 e. The molecule has 0 heterocycles. The summed E-state index contributed by atoms with van der Waals surface area (Å²) >= 11 is 0. The molecule has 0 aliphatic carbocycles. The van der Waals surface area contributed by atoms with Crippen molar-refractivity contribution in [3.8, 4) is 5.75 Å². The van der Waals surface area contributed by atoms with E-state index in [0.717, 1.165) is 5.75 Å². The highest BCUT2D eigenvalue weighted by Gasteiger charge is 2.09. The molecule has 3 heteroatoms. The van der Waals surface area contributed by atoms with Gasteiger partial charge < -0.3 is 15.2 Å². The Labute approximate surface area is 97.6 Å². The molecule has 0 aliphatic rings. The van der Waals surface area contributed by atoms with E-state index in [-0.39, 0.29) is 12.0 Å². The van der Waals surface area contributed by atoms with Gasteiger partial charge in [0.1, 0.15) is 5.75 Å². The number of ether oxygens (including phenoxy) is 2. The molecule has 0 aliphatic heterocycles. The highest BCUT2D eigenvalue weighted by Crippen LogP contribution is 2.19. The van der Waals surface area contributed by atoms with Crippen molar-refractivity contribution in [2.75, 3.05) is 20.3 Å². The Balaban J connectivity index is 2.69. The highest BCUT2D eigenvalue weighted by atomic mass is 16.5. The lowest BCUT2D eigenvalue weighted by atomic mass is 10.0. The van der Waals surface area contributed by atoms with E-state index in [1.165, 1.54) is 5.56 Å². The number of benzene rings is 1. The monoisotopic (exact) mass is 223 g/mol. The van der Waals surface area contributed by atoms with Crippen LogP contribution in [0.4, 0.5) is 0 Å². The molecule has 1 aromatic carbocycles. The third-order valence-corrected chi connectivity index (χ3v) is 2.38. The molecule has 0 aromatic heterocycles. The van der Waals surface area contributed by atoms with Crippen LogP contribution in [0, 0.1) is 0 Å². The molecule has 1 rings (SSSR count). The van der Waals surface area contributed by atoms with Crippen LogP contribution in [0.1, 0.15) is 25.3 Å². The Morgan fingerprint density at radius 3 is 2.25 bits per heavy atom. The first-order valence-corrected chi connectivity index (χ1v) is 5.63. The van der Waals surface area contributed by atoms with Crippen molar-refractivity contribution in [3.05, 3.63) is 29.8 Å². The quantitative estimate of drug-likeness (QED) is 0.803. The second-order valence-electron chi connectivity index (χ2n) is 4.12. The van der Waals surface area contributed by atoms with Crippen molar-refractivity contribution in [1.82, 2.24) is 0 Å². The molecule has 0 spiro atoms. The molecule has 1 atom stereocenters. The maximum absolute atomic E-state index is 5.70. The first-order valence-electron chi connectivity index (χ1n) is 5.63. The van der Waals surface area contributed by atoms with Crippen LogP contribution >= 0.6 is 0 Å². The van der Waals surface area contributed by atoms with Crippen LogP contribution in [-0.4, -0.2) is 26.4 Å². The Bertz CT molecular complexity index is 295. The van der Waals surface area contributed by atoms with Crippen LogP contribution in [-0.2, 0) is 4.74 Å². The molecular formula is C13H21NO2. The number of hydrogen-bond donors (Lipinski definition) is 1. The Kier molecular flexibility index (Phi) is 5.29. The standard InChI is InChI=1S/C13H21NO2/c1-10(2)16-13-6-4-11(5-7-13)12(8-14)9-15-3/h4-7,10,12H,8-9,14H2,1-3H3. The molecular weight excluding hydrogens is 202 g/mol. The second kappa shape index (κ2) is 6.51. The fourth-order valence-corrected chi connectivity index (χ4v) is 1.59. The maximum Gasteiger partial charge on any atom is 0.119 e. The van der Waals surface area contributed by atoms with Crippen LogP contribution in [0.15, 0.2) is 24.3 Å². The zero-order valence-corrected chi connectivity index (χ0v) is 10.3.